The summed E-state index contributed by atoms with van der Waals surface area (Å²) in [6.45, 7) is 3.64. The lowest BCUT2D eigenvalue weighted by Gasteiger charge is -2.26. The molecule has 17 heavy (non-hydrogen) atoms. The fourth-order valence-electron chi connectivity index (χ4n) is 2.68. The normalized spacial score (nSPS) is 17.4. The third-order valence-electron chi connectivity index (χ3n) is 3.69. The molecule has 2 aliphatic carbocycles. The zero-order valence-electron chi connectivity index (χ0n) is 10.2. The largest absolute Gasteiger partial charge is 0.299 e. The molecule has 1 heteroatoms. The molecule has 0 radical (unpaired) electrons. The molecule has 1 aliphatic heterocycles. The molecular formula is C16H19N. The highest BCUT2D eigenvalue weighted by atomic mass is 15.1. The van der Waals surface area contributed by atoms with Crippen molar-refractivity contribution in [2.75, 3.05) is 13.1 Å². The van der Waals surface area contributed by atoms with Crippen LogP contribution in [0.15, 0.2) is 42.5 Å². The van der Waals surface area contributed by atoms with E-state index in [4.69, 9.17) is 0 Å². The highest BCUT2D eigenvalue weighted by Gasteiger charge is 2.10. The van der Waals surface area contributed by atoms with Gasteiger partial charge in [0.1, 0.15) is 0 Å². The van der Waals surface area contributed by atoms with Crippen molar-refractivity contribution < 1.29 is 0 Å². The molecule has 1 nitrogen and oxygen atoms in total. The Hall–Kier alpha value is -1.34. The summed E-state index contributed by atoms with van der Waals surface area (Å²) < 4.78 is 0. The maximum Gasteiger partial charge on any atom is 0.0233 e. The van der Waals surface area contributed by atoms with Gasteiger partial charge in [-0.1, -0.05) is 48.9 Å². The smallest absolute Gasteiger partial charge is 0.0233 e. The lowest BCUT2D eigenvalue weighted by Crippen LogP contribution is -2.28. The predicted molar refractivity (Wildman–Crippen MR) is 72.2 cm³/mol. The Labute approximate surface area is 103 Å². The van der Waals surface area contributed by atoms with Gasteiger partial charge in [0.2, 0.25) is 0 Å². The Kier molecular flexibility index (Phi) is 3.10. The fraction of sp³-hybridized carbons (Fsp3) is 0.375. The maximum atomic E-state index is 2.57. The predicted octanol–water partition coefficient (Wildman–Crippen LogP) is 3.78. The van der Waals surface area contributed by atoms with E-state index in [1.54, 1.807) is 0 Å². The van der Waals surface area contributed by atoms with Crippen LogP contribution >= 0.6 is 0 Å². The number of rotatable bonds is 2. The van der Waals surface area contributed by atoms with Crippen LogP contribution in [0.25, 0.3) is 11.1 Å². The van der Waals surface area contributed by atoms with E-state index >= 15 is 0 Å². The third kappa shape index (κ3) is 2.50. The Balaban J connectivity index is 1.78. The van der Waals surface area contributed by atoms with E-state index in [1.807, 2.05) is 0 Å². The van der Waals surface area contributed by atoms with Crippen molar-refractivity contribution in [3.05, 3.63) is 48.0 Å². The summed E-state index contributed by atoms with van der Waals surface area (Å²) in [5.74, 6) is 0. The van der Waals surface area contributed by atoms with Crippen LogP contribution in [0.1, 0.15) is 24.8 Å². The Morgan fingerprint density at radius 3 is 2.06 bits per heavy atom. The summed E-state index contributed by atoms with van der Waals surface area (Å²) in [7, 11) is 0. The average molecular weight is 225 g/mol. The van der Waals surface area contributed by atoms with Crippen LogP contribution in [0, 0.1) is 0 Å². The first-order chi connectivity index (χ1) is 8.42. The van der Waals surface area contributed by atoms with Crippen LogP contribution in [-0.4, -0.2) is 18.0 Å². The van der Waals surface area contributed by atoms with Crippen LogP contribution in [0.3, 0.4) is 0 Å². The minimum atomic E-state index is 1.11. The molecule has 0 spiro atoms. The average Bonchev–Trinajstić information content (AvgIpc) is 2.74. The van der Waals surface area contributed by atoms with Crippen LogP contribution in [-0.2, 0) is 6.54 Å². The highest BCUT2D eigenvalue weighted by molar-refractivity contribution is 5.65. The number of likely N-dealkylation sites (tertiary alicyclic amines) is 1. The summed E-state index contributed by atoms with van der Waals surface area (Å²) in [6.07, 6.45) is 4.14. The molecule has 0 saturated carbocycles. The molecular weight excluding hydrogens is 206 g/mol. The topological polar surface area (TPSA) is 3.24 Å². The zero-order chi connectivity index (χ0) is 11.5. The van der Waals surface area contributed by atoms with Gasteiger partial charge in [-0.05, 0) is 42.6 Å². The first-order valence-electron chi connectivity index (χ1n) is 6.62. The molecule has 0 unspecified atom stereocenters. The minimum Gasteiger partial charge on any atom is -0.299 e. The van der Waals surface area contributed by atoms with E-state index in [-0.39, 0.29) is 0 Å². The highest BCUT2D eigenvalue weighted by Crippen LogP contribution is 2.22. The molecule has 88 valence electrons. The molecule has 3 rings (SSSR count). The number of nitrogens with zero attached hydrogens (tertiary/aromatic N) is 1. The van der Waals surface area contributed by atoms with E-state index < -0.39 is 0 Å². The quantitative estimate of drug-likeness (QED) is 0.752. The Morgan fingerprint density at radius 2 is 1.41 bits per heavy atom. The second-order valence-electron chi connectivity index (χ2n) is 5.01. The van der Waals surface area contributed by atoms with E-state index in [9.17, 15) is 0 Å². The van der Waals surface area contributed by atoms with Crippen molar-refractivity contribution in [2.24, 2.45) is 0 Å². The van der Waals surface area contributed by atoms with Crippen LogP contribution in [0.5, 0.6) is 0 Å². The molecule has 0 amide bonds. The van der Waals surface area contributed by atoms with Crippen molar-refractivity contribution >= 4 is 0 Å². The Bertz CT molecular complexity index is 426. The van der Waals surface area contributed by atoms with E-state index in [0.29, 0.717) is 0 Å². The molecule has 0 N–H and O–H groups in total. The third-order valence-corrected chi connectivity index (χ3v) is 3.69. The molecule has 1 heterocycles. The molecule has 3 aliphatic rings. The van der Waals surface area contributed by atoms with Gasteiger partial charge < -0.3 is 0 Å². The SMILES string of the molecule is c1cc2ccc(CN3CCCCC3)ccc-2c1. The summed E-state index contributed by atoms with van der Waals surface area (Å²) >= 11 is 0. The number of piperidine rings is 1. The molecule has 1 fully saturated rings. The van der Waals surface area contributed by atoms with Crippen molar-refractivity contribution in [3.8, 4) is 11.1 Å². The lowest BCUT2D eigenvalue weighted by molar-refractivity contribution is 0.221. The van der Waals surface area contributed by atoms with E-state index in [1.165, 1.54) is 49.0 Å². The maximum absolute atomic E-state index is 2.57. The van der Waals surface area contributed by atoms with Gasteiger partial charge in [0.15, 0.2) is 0 Å². The van der Waals surface area contributed by atoms with Gasteiger partial charge in [0.25, 0.3) is 0 Å². The van der Waals surface area contributed by atoms with Crippen LogP contribution in [0.2, 0.25) is 0 Å². The monoisotopic (exact) mass is 225 g/mol. The standard InChI is InChI=1S/C16H19N/c1-2-11-17(12-3-1)13-14-7-9-15-5-4-6-16(15)10-8-14/h4-10H,1-3,11-13H2. The fourth-order valence-corrected chi connectivity index (χ4v) is 2.68. The van der Waals surface area contributed by atoms with Gasteiger partial charge >= 0.3 is 0 Å². The number of hydrogen-bond donors (Lipinski definition) is 0. The first kappa shape index (κ1) is 10.8. The summed E-state index contributed by atoms with van der Waals surface area (Å²) in [5, 5.41) is 0. The summed E-state index contributed by atoms with van der Waals surface area (Å²) in [4.78, 5) is 2.57. The lowest BCUT2D eigenvalue weighted by atomic mass is 10.1. The van der Waals surface area contributed by atoms with Crippen molar-refractivity contribution in [1.29, 1.82) is 0 Å². The van der Waals surface area contributed by atoms with E-state index in [0.717, 1.165) is 6.54 Å². The van der Waals surface area contributed by atoms with Gasteiger partial charge in [0, 0.05) is 6.54 Å². The first-order valence-corrected chi connectivity index (χ1v) is 6.62. The second-order valence-corrected chi connectivity index (χ2v) is 5.01. The van der Waals surface area contributed by atoms with Crippen molar-refractivity contribution in [3.63, 3.8) is 0 Å². The van der Waals surface area contributed by atoms with Gasteiger partial charge in [-0.25, -0.2) is 0 Å². The zero-order valence-corrected chi connectivity index (χ0v) is 10.2. The van der Waals surface area contributed by atoms with Crippen molar-refractivity contribution in [2.45, 2.75) is 25.8 Å². The van der Waals surface area contributed by atoms with Crippen LogP contribution in [0.4, 0.5) is 0 Å². The number of hydrogen-bond acceptors (Lipinski definition) is 1. The molecule has 0 atom stereocenters. The Morgan fingerprint density at radius 1 is 0.765 bits per heavy atom. The van der Waals surface area contributed by atoms with E-state index in [2.05, 4.69) is 47.4 Å². The summed E-state index contributed by atoms with van der Waals surface area (Å²) in [6, 6.07) is 15.5. The van der Waals surface area contributed by atoms with Gasteiger partial charge in [-0.3, -0.25) is 4.90 Å². The second kappa shape index (κ2) is 4.89. The molecule has 1 saturated heterocycles. The number of fused-ring (bicyclic) bond motifs is 1. The molecule has 0 bridgehead atoms. The van der Waals surface area contributed by atoms with Crippen LogP contribution < -0.4 is 0 Å². The van der Waals surface area contributed by atoms with Gasteiger partial charge in [-0.15, -0.1) is 0 Å². The van der Waals surface area contributed by atoms with Gasteiger partial charge in [0.05, 0.1) is 0 Å². The summed E-state index contributed by atoms with van der Waals surface area (Å²) in [5.41, 5.74) is 4.12. The molecule has 0 aromatic heterocycles. The van der Waals surface area contributed by atoms with Gasteiger partial charge in [-0.2, -0.15) is 0 Å². The van der Waals surface area contributed by atoms with Crippen molar-refractivity contribution in [1.82, 2.24) is 4.90 Å². The molecule has 0 aromatic carbocycles. The molecule has 0 aromatic rings. The minimum absolute atomic E-state index is 1.11.